The summed E-state index contributed by atoms with van der Waals surface area (Å²) in [4.78, 5) is 32.7. The number of unbranched alkanes of at least 4 members (excludes halogenated alkanes) is 5. The Morgan fingerprint density at radius 3 is 1.91 bits per heavy atom. The minimum Gasteiger partial charge on any atom is -0.481 e. The van der Waals surface area contributed by atoms with E-state index in [1.54, 1.807) is 6.92 Å². The molecule has 0 aliphatic carbocycles. The van der Waals surface area contributed by atoms with Crippen molar-refractivity contribution in [3.05, 3.63) is 12.2 Å². The van der Waals surface area contributed by atoms with Crippen LogP contribution in [0.15, 0.2) is 12.2 Å². The number of esters is 2. The van der Waals surface area contributed by atoms with Gasteiger partial charge in [0.25, 0.3) is 0 Å². The maximum Gasteiger partial charge on any atom is 0.333 e. The molecule has 0 aromatic rings. The quantitative estimate of drug-likeness (QED) is 0.319. The van der Waals surface area contributed by atoms with Crippen LogP contribution in [0.4, 0.5) is 0 Å². The summed E-state index contributed by atoms with van der Waals surface area (Å²) in [5.74, 6) is -1.53. The van der Waals surface area contributed by atoms with Crippen LogP contribution in [0, 0.1) is 0 Å². The Morgan fingerprint density at radius 2 is 1.36 bits per heavy atom. The van der Waals surface area contributed by atoms with Crippen LogP contribution in [-0.2, 0) is 23.9 Å². The van der Waals surface area contributed by atoms with E-state index >= 15 is 0 Å². The largest absolute Gasteiger partial charge is 0.481 e. The zero-order chi connectivity index (χ0) is 16.8. The normalized spacial score (nSPS) is 10.0. The van der Waals surface area contributed by atoms with Gasteiger partial charge in [0.15, 0.2) is 0 Å². The van der Waals surface area contributed by atoms with Crippen LogP contribution in [0.25, 0.3) is 0 Å². The smallest absolute Gasteiger partial charge is 0.333 e. The van der Waals surface area contributed by atoms with Crippen LogP contribution in [0.1, 0.15) is 58.3 Å². The standard InChI is InChI=1S/C16H26O6/c1-13(2)16(20)22-12-11-21-15(19)10-8-6-4-3-5-7-9-14(17)18/h1,3-12H2,2H3,(H,17,18). The van der Waals surface area contributed by atoms with E-state index in [1.807, 2.05) is 0 Å². The van der Waals surface area contributed by atoms with Crippen molar-refractivity contribution in [2.75, 3.05) is 13.2 Å². The van der Waals surface area contributed by atoms with Crippen LogP contribution in [0.5, 0.6) is 0 Å². The Labute approximate surface area is 131 Å². The molecular formula is C16H26O6. The Hall–Kier alpha value is -1.85. The van der Waals surface area contributed by atoms with Crippen molar-refractivity contribution < 1.29 is 29.0 Å². The fraction of sp³-hybridized carbons (Fsp3) is 0.688. The predicted octanol–water partition coefficient (Wildman–Crippen LogP) is 2.85. The number of hydrogen-bond donors (Lipinski definition) is 1. The van der Waals surface area contributed by atoms with Gasteiger partial charge in [-0.25, -0.2) is 4.79 Å². The average Bonchev–Trinajstić information content (AvgIpc) is 2.45. The van der Waals surface area contributed by atoms with Gasteiger partial charge in [0, 0.05) is 18.4 Å². The fourth-order valence-electron chi connectivity index (χ4n) is 1.74. The van der Waals surface area contributed by atoms with Crippen molar-refractivity contribution in [2.45, 2.75) is 58.3 Å². The van der Waals surface area contributed by atoms with Crippen LogP contribution < -0.4 is 0 Å². The Bertz CT molecular complexity index is 375. The SMILES string of the molecule is C=C(C)C(=O)OCCOC(=O)CCCCCCCCC(=O)O. The van der Waals surface area contributed by atoms with Gasteiger partial charge in [-0.15, -0.1) is 0 Å². The summed E-state index contributed by atoms with van der Waals surface area (Å²) in [6.07, 6.45) is 5.84. The highest BCUT2D eigenvalue weighted by atomic mass is 16.6. The van der Waals surface area contributed by atoms with Gasteiger partial charge in [0.1, 0.15) is 13.2 Å². The first-order valence-electron chi connectivity index (χ1n) is 7.63. The summed E-state index contributed by atoms with van der Waals surface area (Å²) >= 11 is 0. The summed E-state index contributed by atoms with van der Waals surface area (Å²) in [7, 11) is 0. The molecule has 0 saturated heterocycles. The number of aliphatic carboxylic acids is 1. The van der Waals surface area contributed by atoms with E-state index in [9.17, 15) is 14.4 Å². The monoisotopic (exact) mass is 314 g/mol. The third kappa shape index (κ3) is 13.1. The lowest BCUT2D eigenvalue weighted by Crippen LogP contribution is -2.14. The lowest BCUT2D eigenvalue weighted by molar-refractivity contribution is -0.150. The Kier molecular flexibility index (Phi) is 11.8. The summed E-state index contributed by atoms with van der Waals surface area (Å²) in [5.41, 5.74) is 0.315. The van der Waals surface area contributed by atoms with Gasteiger partial charge in [0.2, 0.25) is 0 Å². The molecule has 22 heavy (non-hydrogen) atoms. The van der Waals surface area contributed by atoms with Gasteiger partial charge >= 0.3 is 17.9 Å². The summed E-state index contributed by atoms with van der Waals surface area (Å²) in [6.45, 7) is 5.10. The first-order chi connectivity index (χ1) is 10.4. The van der Waals surface area contributed by atoms with Gasteiger partial charge in [-0.2, -0.15) is 0 Å². The molecule has 0 bridgehead atoms. The van der Waals surface area contributed by atoms with Crippen molar-refractivity contribution in [3.63, 3.8) is 0 Å². The van der Waals surface area contributed by atoms with E-state index in [2.05, 4.69) is 6.58 Å². The van der Waals surface area contributed by atoms with Crippen LogP contribution in [0.2, 0.25) is 0 Å². The molecule has 0 aromatic heterocycles. The molecule has 0 rings (SSSR count). The van der Waals surface area contributed by atoms with Gasteiger partial charge in [-0.05, 0) is 19.8 Å². The predicted molar refractivity (Wildman–Crippen MR) is 81.3 cm³/mol. The van der Waals surface area contributed by atoms with Crippen LogP contribution in [-0.4, -0.2) is 36.2 Å². The highest BCUT2D eigenvalue weighted by molar-refractivity contribution is 5.86. The second-order valence-electron chi connectivity index (χ2n) is 5.15. The molecule has 0 amide bonds. The van der Waals surface area contributed by atoms with Crippen molar-refractivity contribution in [3.8, 4) is 0 Å². The number of carboxylic acid groups (broad SMARTS) is 1. The molecule has 0 heterocycles. The number of carbonyl (C=O) groups is 3. The van der Waals surface area contributed by atoms with Crippen molar-refractivity contribution in [1.82, 2.24) is 0 Å². The van der Waals surface area contributed by atoms with E-state index < -0.39 is 11.9 Å². The zero-order valence-electron chi connectivity index (χ0n) is 13.3. The molecule has 0 fully saturated rings. The van der Waals surface area contributed by atoms with Gasteiger partial charge in [-0.3, -0.25) is 9.59 Å². The molecular weight excluding hydrogens is 288 g/mol. The van der Waals surface area contributed by atoms with Gasteiger partial charge in [0.05, 0.1) is 0 Å². The molecule has 0 atom stereocenters. The first-order valence-corrected chi connectivity index (χ1v) is 7.63. The van der Waals surface area contributed by atoms with Gasteiger partial charge in [-0.1, -0.05) is 32.3 Å². The number of ether oxygens (including phenoxy) is 2. The molecule has 6 nitrogen and oxygen atoms in total. The summed E-state index contributed by atoms with van der Waals surface area (Å²) < 4.78 is 9.73. The van der Waals surface area contributed by atoms with Crippen molar-refractivity contribution in [2.24, 2.45) is 0 Å². The van der Waals surface area contributed by atoms with Crippen LogP contribution >= 0.6 is 0 Å². The minimum absolute atomic E-state index is 0.0427. The average molecular weight is 314 g/mol. The highest BCUT2D eigenvalue weighted by Crippen LogP contribution is 2.09. The summed E-state index contributed by atoms with van der Waals surface area (Å²) in [6, 6.07) is 0. The number of carboxylic acids is 1. The molecule has 0 aliphatic rings. The summed E-state index contributed by atoms with van der Waals surface area (Å²) in [5, 5.41) is 8.48. The number of hydrogen-bond acceptors (Lipinski definition) is 5. The lowest BCUT2D eigenvalue weighted by Gasteiger charge is -2.06. The molecule has 6 heteroatoms. The van der Waals surface area contributed by atoms with E-state index in [1.165, 1.54) is 0 Å². The molecule has 1 N–H and O–H groups in total. The van der Waals surface area contributed by atoms with Crippen molar-refractivity contribution in [1.29, 1.82) is 0 Å². The Balaban J connectivity index is 3.34. The highest BCUT2D eigenvalue weighted by Gasteiger charge is 2.05. The molecule has 0 spiro atoms. The molecule has 0 aromatic carbocycles. The topological polar surface area (TPSA) is 89.9 Å². The molecule has 126 valence electrons. The molecule has 0 aliphatic heterocycles. The lowest BCUT2D eigenvalue weighted by atomic mass is 10.1. The Morgan fingerprint density at radius 1 is 0.864 bits per heavy atom. The van der Waals surface area contributed by atoms with E-state index in [-0.39, 0.29) is 25.6 Å². The van der Waals surface area contributed by atoms with E-state index in [0.29, 0.717) is 18.4 Å². The third-order valence-corrected chi connectivity index (χ3v) is 2.95. The maximum absolute atomic E-state index is 11.4. The number of carbonyl (C=O) groups excluding carboxylic acids is 2. The maximum atomic E-state index is 11.4. The third-order valence-electron chi connectivity index (χ3n) is 2.95. The van der Waals surface area contributed by atoms with Gasteiger partial charge < -0.3 is 14.6 Å². The molecule has 0 radical (unpaired) electrons. The second kappa shape index (κ2) is 12.9. The molecule has 0 unspecified atom stereocenters. The zero-order valence-corrected chi connectivity index (χ0v) is 13.3. The van der Waals surface area contributed by atoms with Crippen LogP contribution in [0.3, 0.4) is 0 Å². The van der Waals surface area contributed by atoms with Crippen molar-refractivity contribution >= 4 is 17.9 Å². The minimum atomic E-state index is -0.753. The van der Waals surface area contributed by atoms with E-state index in [4.69, 9.17) is 14.6 Å². The fourth-order valence-corrected chi connectivity index (χ4v) is 1.74. The molecule has 0 saturated carbocycles. The van der Waals surface area contributed by atoms with E-state index in [0.717, 1.165) is 32.1 Å². The first kappa shape index (κ1) is 20.1. The number of rotatable bonds is 13. The second-order valence-corrected chi connectivity index (χ2v) is 5.15.